The minimum atomic E-state index is -1.02. The molecule has 0 saturated carbocycles. The summed E-state index contributed by atoms with van der Waals surface area (Å²) in [6, 6.07) is 21.4. The van der Waals surface area contributed by atoms with Gasteiger partial charge in [-0.2, -0.15) is 0 Å². The number of benzene rings is 3. The van der Waals surface area contributed by atoms with E-state index in [2.05, 4.69) is 0 Å². The molecule has 1 aromatic heterocycles. The van der Waals surface area contributed by atoms with Crippen molar-refractivity contribution >= 4 is 33.9 Å². The van der Waals surface area contributed by atoms with Crippen molar-refractivity contribution in [2.24, 2.45) is 0 Å². The number of phenols is 1. The van der Waals surface area contributed by atoms with E-state index in [1.807, 2.05) is 30.3 Å². The molecule has 1 aliphatic heterocycles. The second-order valence-corrected chi connectivity index (χ2v) is 7.24. The Kier molecular flexibility index (Phi) is 4.33. The van der Waals surface area contributed by atoms with E-state index in [9.17, 15) is 19.8 Å². The number of rotatable bonds is 3. The standard InChI is InChI=1S/C25H17NO5/c27-19-9-4-3-8-18(19)26-22(20-10-5-13-31-20)21(24(29)25(26)30)23(28)17-12-11-15-6-1-2-7-16(15)14-17/h1-14,22,27-28H/b23-21-. The van der Waals surface area contributed by atoms with E-state index < -0.39 is 17.7 Å². The summed E-state index contributed by atoms with van der Waals surface area (Å²) in [5, 5.41) is 23.4. The molecule has 152 valence electrons. The number of hydrogen-bond donors (Lipinski definition) is 2. The molecule has 1 amide bonds. The Hall–Kier alpha value is -4.32. The van der Waals surface area contributed by atoms with Gasteiger partial charge in [0.15, 0.2) is 0 Å². The van der Waals surface area contributed by atoms with Crippen LogP contribution in [-0.2, 0) is 9.59 Å². The summed E-state index contributed by atoms with van der Waals surface area (Å²) in [6.07, 6.45) is 1.43. The second-order valence-electron chi connectivity index (χ2n) is 7.24. The maximum atomic E-state index is 13.1. The molecule has 0 radical (unpaired) electrons. The topological polar surface area (TPSA) is 91.0 Å². The van der Waals surface area contributed by atoms with Crippen LogP contribution in [0.2, 0.25) is 0 Å². The first-order valence-electron chi connectivity index (χ1n) is 9.68. The smallest absolute Gasteiger partial charge is 0.300 e. The summed E-state index contributed by atoms with van der Waals surface area (Å²) in [4.78, 5) is 27.2. The number of furan rings is 1. The molecule has 0 aliphatic carbocycles. The summed E-state index contributed by atoms with van der Waals surface area (Å²) in [5.41, 5.74) is 0.465. The first-order chi connectivity index (χ1) is 15.1. The Morgan fingerprint density at radius 2 is 1.61 bits per heavy atom. The van der Waals surface area contributed by atoms with Crippen LogP contribution in [0.15, 0.2) is 95.1 Å². The molecule has 4 aromatic rings. The number of fused-ring (bicyclic) bond motifs is 1. The summed E-state index contributed by atoms with van der Waals surface area (Å²) >= 11 is 0. The molecule has 1 atom stereocenters. The molecule has 2 N–H and O–H groups in total. The highest BCUT2D eigenvalue weighted by atomic mass is 16.3. The molecule has 0 spiro atoms. The highest BCUT2D eigenvalue weighted by molar-refractivity contribution is 6.51. The predicted octanol–water partition coefficient (Wildman–Crippen LogP) is 4.76. The number of aliphatic hydroxyl groups is 1. The third kappa shape index (κ3) is 2.97. The molecule has 1 fully saturated rings. The molecule has 1 saturated heterocycles. The molecule has 3 aromatic carbocycles. The van der Waals surface area contributed by atoms with Gasteiger partial charge in [-0.25, -0.2) is 0 Å². The average molecular weight is 411 g/mol. The van der Waals surface area contributed by atoms with Crippen molar-refractivity contribution in [3.8, 4) is 5.75 Å². The van der Waals surface area contributed by atoms with Crippen LogP contribution in [-0.4, -0.2) is 21.9 Å². The van der Waals surface area contributed by atoms with Crippen molar-refractivity contribution in [1.29, 1.82) is 0 Å². The van der Waals surface area contributed by atoms with Gasteiger partial charge >= 0.3 is 0 Å². The van der Waals surface area contributed by atoms with Crippen LogP contribution in [0.3, 0.4) is 0 Å². The van der Waals surface area contributed by atoms with E-state index in [4.69, 9.17) is 4.42 Å². The van der Waals surface area contributed by atoms with Crippen LogP contribution >= 0.6 is 0 Å². The average Bonchev–Trinajstić information content (AvgIpc) is 3.41. The third-order valence-corrected chi connectivity index (χ3v) is 5.42. The second kappa shape index (κ2) is 7.18. The normalized spacial score (nSPS) is 18.1. The quantitative estimate of drug-likeness (QED) is 0.288. The zero-order valence-electron chi connectivity index (χ0n) is 16.2. The minimum Gasteiger partial charge on any atom is -0.507 e. The van der Waals surface area contributed by atoms with Crippen LogP contribution in [0.25, 0.3) is 16.5 Å². The molecule has 6 nitrogen and oxygen atoms in total. The Labute approximate surface area is 177 Å². The fourth-order valence-corrected chi connectivity index (χ4v) is 3.96. The number of Topliss-reactive ketones (excluding diaryl/α,β-unsaturated/α-hetero) is 1. The number of carbonyl (C=O) groups excluding carboxylic acids is 2. The third-order valence-electron chi connectivity index (χ3n) is 5.42. The molecular weight excluding hydrogens is 394 g/mol. The summed E-state index contributed by atoms with van der Waals surface area (Å²) < 4.78 is 5.52. The van der Waals surface area contributed by atoms with Crippen LogP contribution in [0.4, 0.5) is 5.69 Å². The number of aliphatic hydroxyl groups excluding tert-OH is 1. The van der Waals surface area contributed by atoms with Gasteiger partial charge in [-0.05, 0) is 41.1 Å². The van der Waals surface area contributed by atoms with Gasteiger partial charge in [-0.1, -0.05) is 48.5 Å². The van der Waals surface area contributed by atoms with E-state index in [1.165, 1.54) is 18.4 Å². The lowest BCUT2D eigenvalue weighted by Gasteiger charge is -2.24. The molecular formula is C25H17NO5. The summed E-state index contributed by atoms with van der Waals surface area (Å²) in [6.45, 7) is 0. The van der Waals surface area contributed by atoms with Gasteiger partial charge in [-0.15, -0.1) is 0 Å². The minimum absolute atomic E-state index is 0.0986. The number of hydrogen-bond acceptors (Lipinski definition) is 5. The lowest BCUT2D eigenvalue weighted by molar-refractivity contribution is -0.132. The molecule has 2 heterocycles. The zero-order valence-corrected chi connectivity index (χ0v) is 16.2. The Morgan fingerprint density at radius 3 is 2.35 bits per heavy atom. The zero-order chi connectivity index (χ0) is 21.5. The molecule has 5 rings (SSSR count). The SMILES string of the molecule is O=C1C(=O)N(c2ccccc2O)C(c2ccco2)/C1=C(/O)c1ccc2ccccc2c1. The number of aromatic hydroxyl groups is 1. The van der Waals surface area contributed by atoms with Gasteiger partial charge in [0, 0.05) is 5.56 Å². The van der Waals surface area contributed by atoms with Crippen molar-refractivity contribution in [1.82, 2.24) is 0 Å². The van der Waals surface area contributed by atoms with Crippen LogP contribution in [0, 0.1) is 0 Å². The van der Waals surface area contributed by atoms with E-state index in [1.54, 1.807) is 36.4 Å². The van der Waals surface area contributed by atoms with Gasteiger partial charge in [0.05, 0.1) is 17.5 Å². The maximum absolute atomic E-state index is 13.1. The molecule has 1 aliphatic rings. The number of para-hydroxylation sites is 2. The Bertz CT molecular complexity index is 1350. The fourth-order valence-electron chi connectivity index (χ4n) is 3.96. The number of ketones is 1. The van der Waals surface area contributed by atoms with Crippen molar-refractivity contribution < 1.29 is 24.2 Å². The largest absolute Gasteiger partial charge is 0.507 e. The number of amides is 1. The van der Waals surface area contributed by atoms with Crippen LogP contribution in [0.5, 0.6) is 5.75 Å². The predicted molar refractivity (Wildman–Crippen MR) is 116 cm³/mol. The van der Waals surface area contributed by atoms with Crippen LogP contribution in [0.1, 0.15) is 17.4 Å². The highest BCUT2D eigenvalue weighted by Crippen LogP contribution is 2.44. The fraction of sp³-hybridized carbons (Fsp3) is 0.0400. The lowest BCUT2D eigenvalue weighted by Crippen LogP contribution is -2.29. The first kappa shape index (κ1) is 18.7. The number of anilines is 1. The van der Waals surface area contributed by atoms with Crippen molar-refractivity contribution in [2.75, 3.05) is 4.90 Å². The van der Waals surface area contributed by atoms with Crippen molar-refractivity contribution in [3.05, 3.63) is 102 Å². The van der Waals surface area contributed by atoms with E-state index in [-0.39, 0.29) is 22.8 Å². The summed E-state index contributed by atoms with van der Waals surface area (Å²) in [5.74, 6) is -1.87. The van der Waals surface area contributed by atoms with E-state index in [0.29, 0.717) is 11.3 Å². The van der Waals surface area contributed by atoms with Gasteiger partial charge in [-0.3, -0.25) is 14.5 Å². The molecule has 31 heavy (non-hydrogen) atoms. The van der Waals surface area contributed by atoms with E-state index >= 15 is 0 Å². The van der Waals surface area contributed by atoms with Gasteiger partial charge < -0.3 is 14.6 Å². The van der Waals surface area contributed by atoms with Gasteiger partial charge in [0.1, 0.15) is 23.3 Å². The monoisotopic (exact) mass is 411 g/mol. The van der Waals surface area contributed by atoms with Crippen molar-refractivity contribution in [3.63, 3.8) is 0 Å². The van der Waals surface area contributed by atoms with E-state index in [0.717, 1.165) is 15.7 Å². The Balaban J connectivity index is 1.73. The number of nitrogens with zero attached hydrogens (tertiary/aromatic N) is 1. The highest BCUT2D eigenvalue weighted by Gasteiger charge is 2.49. The molecule has 1 unspecified atom stereocenters. The molecule has 0 bridgehead atoms. The van der Waals surface area contributed by atoms with Gasteiger partial charge in [0.25, 0.3) is 11.7 Å². The van der Waals surface area contributed by atoms with Gasteiger partial charge in [0.2, 0.25) is 0 Å². The lowest BCUT2D eigenvalue weighted by atomic mass is 9.97. The molecule has 6 heteroatoms. The Morgan fingerprint density at radius 1 is 0.871 bits per heavy atom. The number of phenolic OH excluding ortho intramolecular Hbond substituents is 1. The van der Waals surface area contributed by atoms with Crippen molar-refractivity contribution in [2.45, 2.75) is 6.04 Å². The first-order valence-corrected chi connectivity index (χ1v) is 9.68. The summed E-state index contributed by atoms with van der Waals surface area (Å²) in [7, 11) is 0. The van der Waals surface area contributed by atoms with Crippen LogP contribution < -0.4 is 4.90 Å². The maximum Gasteiger partial charge on any atom is 0.300 e. The number of carbonyl (C=O) groups is 2.